The lowest BCUT2D eigenvalue weighted by Crippen LogP contribution is -2.18. The number of nitrogens with one attached hydrogen (secondary N) is 1. The van der Waals surface area contributed by atoms with Gasteiger partial charge in [-0.3, -0.25) is 4.79 Å². The van der Waals surface area contributed by atoms with Crippen LogP contribution in [0.2, 0.25) is 0 Å². The van der Waals surface area contributed by atoms with Crippen molar-refractivity contribution in [2.45, 2.75) is 19.4 Å². The van der Waals surface area contributed by atoms with Crippen molar-refractivity contribution in [1.29, 1.82) is 0 Å². The summed E-state index contributed by atoms with van der Waals surface area (Å²) in [6.07, 6.45) is 1.18. The van der Waals surface area contributed by atoms with Gasteiger partial charge in [0.15, 0.2) is 5.82 Å². The average molecular weight is 417 g/mol. The van der Waals surface area contributed by atoms with E-state index in [4.69, 9.17) is 9.47 Å². The number of benzene rings is 2. The zero-order chi connectivity index (χ0) is 20.5. The summed E-state index contributed by atoms with van der Waals surface area (Å²) in [5, 5.41) is 5.87. The molecule has 0 atom stereocenters. The fourth-order valence-corrected chi connectivity index (χ4v) is 4.54. The van der Waals surface area contributed by atoms with Gasteiger partial charge in [-0.05, 0) is 35.7 Å². The molecule has 0 unspecified atom stereocenters. The van der Waals surface area contributed by atoms with Crippen LogP contribution in [0, 0.1) is 0 Å². The lowest BCUT2D eigenvalue weighted by atomic mass is 10.0. The second kappa shape index (κ2) is 7.85. The molecule has 2 aromatic heterocycles. The van der Waals surface area contributed by atoms with Crippen molar-refractivity contribution in [2.24, 2.45) is 0 Å². The van der Waals surface area contributed by atoms with Crippen LogP contribution < -0.4 is 10.1 Å². The van der Waals surface area contributed by atoms with Crippen molar-refractivity contribution in [1.82, 2.24) is 9.97 Å². The van der Waals surface area contributed by atoms with Crippen LogP contribution in [0.5, 0.6) is 11.6 Å². The number of fused-ring (bicyclic) bond motifs is 2. The number of anilines is 1. The molecule has 0 saturated heterocycles. The fraction of sp³-hybridized carbons (Fsp3) is 0.174. The molecule has 1 aliphatic heterocycles. The molecule has 1 N–H and O–H groups in total. The lowest BCUT2D eigenvalue weighted by molar-refractivity contribution is -0.116. The first-order valence-corrected chi connectivity index (χ1v) is 10.5. The highest BCUT2D eigenvalue weighted by Gasteiger charge is 2.19. The first-order valence-electron chi connectivity index (χ1n) is 9.64. The molecule has 30 heavy (non-hydrogen) atoms. The summed E-state index contributed by atoms with van der Waals surface area (Å²) >= 11 is 1.56. The van der Waals surface area contributed by atoms with Gasteiger partial charge in [-0.1, -0.05) is 30.3 Å². The highest BCUT2D eigenvalue weighted by atomic mass is 32.1. The van der Waals surface area contributed by atoms with Gasteiger partial charge in [-0.25, -0.2) is 4.98 Å². The van der Waals surface area contributed by atoms with Gasteiger partial charge in [0.1, 0.15) is 17.2 Å². The maximum Gasteiger partial charge on any atom is 0.232 e. The standard InChI is InChI=1S/C23H19N3O3S/c1-28-12-19-25-22(29-16-8-9-18-15(11-16)7-10-20(27)24-18)21-17(13-30-23(21)26-19)14-5-3-2-4-6-14/h2-6,8-9,11,13H,7,10,12H2,1H3,(H,24,27). The van der Waals surface area contributed by atoms with E-state index in [1.54, 1.807) is 18.4 Å². The van der Waals surface area contributed by atoms with Crippen molar-refractivity contribution in [3.8, 4) is 22.8 Å². The fourth-order valence-electron chi connectivity index (χ4n) is 3.58. The molecular weight excluding hydrogens is 398 g/mol. The molecule has 1 aliphatic rings. The van der Waals surface area contributed by atoms with Crippen LogP contribution >= 0.6 is 11.3 Å². The molecule has 7 heteroatoms. The lowest BCUT2D eigenvalue weighted by Gasteiger charge is -2.17. The van der Waals surface area contributed by atoms with E-state index in [1.807, 2.05) is 36.4 Å². The van der Waals surface area contributed by atoms with Crippen molar-refractivity contribution < 1.29 is 14.3 Å². The zero-order valence-corrected chi connectivity index (χ0v) is 17.2. The first-order chi connectivity index (χ1) is 14.7. The van der Waals surface area contributed by atoms with E-state index >= 15 is 0 Å². The number of thiophene rings is 1. The van der Waals surface area contributed by atoms with E-state index in [2.05, 4.69) is 32.8 Å². The third-order valence-electron chi connectivity index (χ3n) is 4.99. The smallest absolute Gasteiger partial charge is 0.232 e. The molecule has 2 aromatic carbocycles. The first kappa shape index (κ1) is 18.7. The van der Waals surface area contributed by atoms with Crippen LogP contribution in [0.15, 0.2) is 53.9 Å². The third-order valence-corrected chi connectivity index (χ3v) is 5.86. The second-order valence-corrected chi connectivity index (χ2v) is 7.90. The minimum absolute atomic E-state index is 0.0451. The summed E-state index contributed by atoms with van der Waals surface area (Å²) in [5.41, 5.74) is 4.03. The number of hydrogen-bond donors (Lipinski definition) is 1. The van der Waals surface area contributed by atoms with E-state index in [9.17, 15) is 4.79 Å². The Morgan fingerprint density at radius 3 is 2.80 bits per heavy atom. The van der Waals surface area contributed by atoms with Gasteiger partial charge in [0, 0.05) is 30.2 Å². The van der Waals surface area contributed by atoms with Gasteiger partial charge < -0.3 is 14.8 Å². The molecule has 0 fully saturated rings. The minimum Gasteiger partial charge on any atom is -0.438 e. The number of amides is 1. The van der Waals surface area contributed by atoms with Crippen LogP contribution in [0.25, 0.3) is 21.3 Å². The van der Waals surface area contributed by atoms with Gasteiger partial charge in [0.05, 0.1) is 5.39 Å². The van der Waals surface area contributed by atoms with Crippen molar-refractivity contribution >= 4 is 33.1 Å². The number of aromatic nitrogens is 2. The van der Waals surface area contributed by atoms with Crippen LogP contribution in [-0.4, -0.2) is 23.0 Å². The summed E-state index contributed by atoms with van der Waals surface area (Å²) in [5.74, 6) is 1.81. The quantitative estimate of drug-likeness (QED) is 0.484. The average Bonchev–Trinajstić information content (AvgIpc) is 3.19. The number of methoxy groups -OCH3 is 1. The number of carbonyl (C=O) groups excluding carboxylic acids is 1. The maximum atomic E-state index is 11.6. The Kier molecular flexibility index (Phi) is 4.90. The van der Waals surface area contributed by atoms with Crippen LogP contribution in [0.4, 0.5) is 5.69 Å². The Morgan fingerprint density at radius 2 is 1.97 bits per heavy atom. The zero-order valence-electron chi connectivity index (χ0n) is 16.3. The summed E-state index contributed by atoms with van der Waals surface area (Å²) in [6.45, 7) is 0.307. The van der Waals surface area contributed by atoms with Gasteiger partial charge in [0.25, 0.3) is 0 Å². The normalized spacial score (nSPS) is 13.2. The predicted octanol–water partition coefficient (Wildman–Crippen LogP) is 5.18. The molecular formula is C23H19N3O3S. The summed E-state index contributed by atoms with van der Waals surface area (Å²) in [6, 6.07) is 15.8. The van der Waals surface area contributed by atoms with Crippen LogP contribution in [0.3, 0.4) is 0 Å². The summed E-state index contributed by atoms with van der Waals surface area (Å²) < 4.78 is 11.5. The number of rotatable bonds is 5. The molecule has 150 valence electrons. The van der Waals surface area contributed by atoms with Gasteiger partial charge in [-0.2, -0.15) is 4.98 Å². The van der Waals surface area contributed by atoms with E-state index in [1.165, 1.54) is 0 Å². The second-order valence-electron chi connectivity index (χ2n) is 7.04. The largest absolute Gasteiger partial charge is 0.438 e. The van der Waals surface area contributed by atoms with Crippen LogP contribution in [0.1, 0.15) is 17.8 Å². The molecule has 5 rings (SSSR count). The van der Waals surface area contributed by atoms with Crippen molar-refractivity contribution in [3.63, 3.8) is 0 Å². The number of ether oxygens (including phenoxy) is 2. The molecule has 0 spiro atoms. The Labute approximate surface area is 177 Å². The molecule has 1 amide bonds. The number of aryl methyl sites for hydroxylation is 1. The van der Waals surface area contributed by atoms with E-state index in [0.29, 0.717) is 36.9 Å². The summed E-state index contributed by atoms with van der Waals surface area (Å²) in [4.78, 5) is 21.8. The molecule has 0 bridgehead atoms. The highest BCUT2D eigenvalue weighted by Crippen LogP contribution is 2.40. The molecule has 0 saturated carbocycles. The number of carbonyl (C=O) groups is 1. The molecule has 0 aliphatic carbocycles. The Hall–Kier alpha value is -3.29. The number of hydrogen-bond acceptors (Lipinski definition) is 6. The summed E-state index contributed by atoms with van der Waals surface area (Å²) in [7, 11) is 1.62. The molecule has 3 heterocycles. The van der Waals surface area contributed by atoms with E-state index < -0.39 is 0 Å². The third kappa shape index (κ3) is 3.53. The topological polar surface area (TPSA) is 73.3 Å². The minimum atomic E-state index is 0.0451. The molecule has 0 radical (unpaired) electrons. The van der Waals surface area contributed by atoms with E-state index in [-0.39, 0.29) is 5.91 Å². The van der Waals surface area contributed by atoms with E-state index in [0.717, 1.165) is 32.6 Å². The monoisotopic (exact) mass is 417 g/mol. The molecule has 4 aromatic rings. The molecule has 6 nitrogen and oxygen atoms in total. The van der Waals surface area contributed by atoms with Crippen LogP contribution in [-0.2, 0) is 22.6 Å². The van der Waals surface area contributed by atoms with Crippen molar-refractivity contribution in [3.05, 3.63) is 65.3 Å². The van der Waals surface area contributed by atoms with Gasteiger partial charge in [0.2, 0.25) is 11.8 Å². The number of nitrogens with zero attached hydrogens (tertiary/aromatic N) is 2. The van der Waals surface area contributed by atoms with Gasteiger partial charge >= 0.3 is 0 Å². The SMILES string of the molecule is COCc1nc(Oc2ccc3c(c2)CCC(=O)N3)c2c(-c3ccccc3)csc2n1. The van der Waals surface area contributed by atoms with Crippen molar-refractivity contribution in [2.75, 3.05) is 12.4 Å². The Balaban J connectivity index is 1.60. The highest BCUT2D eigenvalue weighted by molar-refractivity contribution is 7.17. The maximum absolute atomic E-state index is 11.6. The Bertz CT molecular complexity index is 1240. The Morgan fingerprint density at radius 1 is 1.10 bits per heavy atom. The van der Waals surface area contributed by atoms with Gasteiger partial charge in [-0.15, -0.1) is 11.3 Å². The predicted molar refractivity (Wildman–Crippen MR) is 117 cm³/mol.